The van der Waals surface area contributed by atoms with Crippen molar-refractivity contribution < 1.29 is 18.7 Å². The largest absolute Gasteiger partial charge is 0.458 e. The summed E-state index contributed by atoms with van der Waals surface area (Å²) in [4.78, 5) is 12.3. The first kappa shape index (κ1) is 16.8. The Morgan fingerprint density at radius 1 is 1.14 bits per heavy atom. The van der Waals surface area contributed by atoms with Gasteiger partial charge in [-0.1, -0.05) is 20.8 Å². The van der Waals surface area contributed by atoms with Gasteiger partial charge < -0.3 is 13.9 Å². The summed E-state index contributed by atoms with van der Waals surface area (Å²) < 4.78 is 16.7. The van der Waals surface area contributed by atoms with Crippen molar-refractivity contribution in [2.75, 3.05) is 6.61 Å². The molecule has 0 saturated carbocycles. The third kappa shape index (κ3) is 3.78. The van der Waals surface area contributed by atoms with Gasteiger partial charge in [0, 0.05) is 18.6 Å². The SMILES string of the molecule is CC(C)(C)[Si](C)(C)OCCC(=O)c1ccc2c(c1)OC=CO2. The number of ketones is 1. The van der Waals surface area contributed by atoms with Gasteiger partial charge in [0.15, 0.2) is 25.6 Å². The van der Waals surface area contributed by atoms with Crippen molar-refractivity contribution in [3.05, 3.63) is 36.3 Å². The van der Waals surface area contributed by atoms with E-state index in [1.807, 2.05) is 0 Å². The highest BCUT2D eigenvalue weighted by molar-refractivity contribution is 6.74. The number of ether oxygens (including phenoxy) is 2. The highest BCUT2D eigenvalue weighted by Gasteiger charge is 2.37. The normalized spacial score (nSPS) is 14.0. The molecule has 120 valence electrons. The number of carbonyl (C=O) groups excluding carboxylic acids is 1. The van der Waals surface area contributed by atoms with Crippen molar-refractivity contribution in [2.45, 2.75) is 45.3 Å². The molecular weight excluding hydrogens is 296 g/mol. The summed E-state index contributed by atoms with van der Waals surface area (Å²) in [6.07, 6.45) is 3.30. The number of fused-ring (bicyclic) bond motifs is 1. The first-order valence-electron chi connectivity index (χ1n) is 7.50. The minimum atomic E-state index is -1.80. The van der Waals surface area contributed by atoms with E-state index in [0.717, 1.165) is 0 Å². The molecule has 0 radical (unpaired) electrons. The van der Waals surface area contributed by atoms with Gasteiger partial charge in [0.25, 0.3) is 0 Å². The Morgan fingerprint density at radius 3 is 2.41 bits per heavy atom. The summed E-state index contributed by atoms with van der Waals surface area (Å²) in [6, 6.07) is 5.23. The van der Waals surface area contributed by atoms with Gasteiger partial charge in [-0.05, 0) is 36.3 Å². The molecule has 0 amide bonds. The third-order valence-electron chi connectivity index (χ3n) is 4.31. The fraction of sp³-hybridized carbons (Fsp3) is 0.471. The van der Waals surface area contributed by atoms with Crippen molar-refractivity contribution in [3.8, 4) is 11.5 Å². The van der Waals surface area contributed by atoms with Crippen LogP contribution < -0.4 is 9.47 Å². The van der Waals surface area contributed by atoms with E-state index >= 15 is 0 Å². The number of Topliss-reactive ketones (excluding diaryl/α,β-unsaturated/α-hetero) is 1. The quantitative estimate of drug-likeness (QED) is 0.591. The maximum Gasteiger partial charge on any atom is 0.191 e. The Balaban J connectivity index is 1.94. The Bertz CT molecular complexity index is 585. The minimum absolute atomic E-state index is 0.0552. The van der Waals surface area contributed by atoms with Gasteiger partial charge in [-0.2, -0.15) is 0 Å². The highest BCUT2D eigenvalue weighted by Crippen LogP contribution is 2.36. The van der Waals surface area contributed by atoms with Crippen molar-refractivity contribution in [3.63, 3.8) is 0 Å². The molecule has 0 atom stereocenters. The summed E-state index contributed by atoms with van der Waals surface area (Å²) >= 11 is 0. The Hall–Kier alpha value is -1.59. The van der Waals surface area contributed by atoms with Crippen LogP contribution in [0, 0.1) is 0 Å². The first-order valence-corrected chi connectivity index (χ1v) is 10.4. The molecule has 0 aliphatic carbocycles. The van der Waals surface area contributed by atoms with E-state index in [0.29, 0.717) is 30.1 Å². The lowest BCUT2D eigenvalue weighted by Gasteiger charge is -2.36. The zero-order chi connectivity index (χ0) is 16.4. The number of rotatable bonds is 5. The molecule has 1 aromatic carbocycles. The van der Waals surface area contributed by atoms with Gasteiger partial charge >= 0.3 is 0 Å². The highest BCUT2D eigenvalue weighted by atomic mass is 28.4. The minimum Gasteiger partial charge on any atom is -0.458 e. The van der Waals surface area contributed by atoms with Crippen molar-refractivity contribution in [1.82, 2.24) is 0 Å². The van der Waals surface area contributed by atoms with E-state index in [9.17, 15) is 4.79 Å². The topological polar surface area (TPSA) is 44.8 Å². The van der Waals surface area contributed by atoms with Crippen LogP contribution in [0.15, 0.2) is 30.7 Å². The van der Waals surface area contributed by atoms with Gasteiger partial charge in [0.2, 0.25) is 0 Å². The second kappa shape index (κ2) is 6.26. The molecule has 0 saturated heterocycles. The predicted octanol–water partition coefficient (Wildman–Crippen LogP) is 4.52. The molecule has 0 bridgehead atoms. The van der Waals surface area contributed by atoms with Crippen LogP contribution >= 0.6 is 0 Å². The van der Waals surface area contributed by atoms with Crippen LogP contribution in [0.2, 0.25) is 18.1 Å². The van der Waals surface area contributed by atoms with Crippen molar-refractivity contribution >= 4 is 14.1 Å². The maximum atomic E-state index is 12.3. The lowest BCUT2D eigenvalue weighted by Crippen LogP contribution is -2.41. The summed E-state index contributed by atoms with van der Waals surface area (Å²) in [6.45, 7) is 11.4. The van der Waals surface area contributed by atoms with Gasteiger partial charge in [-0.3, -0.25) is 4.79 Å². The van der Waals surface area contributed by atoms with Gasteiger partial charge in [0.05, 0.1) is 0 Å². The molecule has 0 fully saturated rings. The van der Waals surface area contributed by atoms with Crippen molar-refractivity contribution in [1.29, 1.82) is 0 Å². The van der Waals surface area contributed by atoms with Crippen LogP contribution in [-0.4, -0.2) is 20.7 Å². The average Bonchev–Trinajstić information content (AvgIpc) is 2.45. The van der Waals surface area contributed by atoms with Crippen LogP contribution in [0.3, 0.4) is 0 Å². The van der Waals surface area contributed by atoms with Gasteiger partial charge in [-0.15, -0.1) is 0 Å². The molecule has 0 unspecified atom stereocenters. The molecule has 1 aliphatic heterocycles. The molecule has 1 aromatic rings. The van der Waals surface area contributed by atoms with Crippen LogP contribution in [0.5, 0.6) is 11.5 Å². The monoisotopic (exact) mass is 320 g/mol. The first-order chi connectivity index (χ1) is 10.2. The zero-order valence-electron chi connectivity index (χ0n) is 13.9. The summed E-state index contributed by atoms with van der Waals surface area (Å²) in [5.74, 6) is 1.25. The second-order valence-electron chi connectivity index (χ2n) is 6.95. The standard InChI is InChI=1S/C17H24O4Si/c1-17(2,3)22(4,5)21-9-8-14(18)13-6-7-15-16(12-13)20-11-10-19-15/h6-7,10-12H,8-9H2,1-5H3. The van der Waals surface area contributed by atoms with E-state index in [2.05, 4.69) is 33.9 Å². The third-order valence-corrected chi connectivity index (χ3v) is 8.85. The molecule has 2 rings (SSSR count). The summed E-state index contributed by atoms with van der Waals surface area (Å²) in [5, 5.41) is 0.152. The molecule has 0 N–H and O–H groups in total. The van der Waals surface area contributed by atoms with Gasteiger partial charge in [0.1, 0.15) is 12.5 Å². The molecule has 0 aromatic heterocycles. The van der Waals surface area contributed by atoms with E-state index in [-0.39, 0.29) is 10.8 Å². The molecule has 5 heteroatoms. The average molecular weight is 320 g/mol. The molecule has 1 heterocycles. The molecule has 22 heavy (non-hydrogen) atoms. The Kier molecular flexibility index (Phi) is 4.77. The van der Waals surface area contributed by atoms with Gasteiger partial charge in [-0.25, -0.2) is 0 Å². The Labute approximate surface area is 133 Å². The van der Waals surface area contributed by atoms with E-state index in [1.165, 1.54) is 12.5 Å². The second-order valence-corrected chi connectivity index (χ2v) is 11.8. The fourth-order valence-corrected chi connectivity index (χ4v) is 2.88. The van der Waals surface area contributed by atoms with E-state index in [1.54, 1.807) is 18.2 Å². The molecule has 1 aliphatic rings. The van der Waals surface area contributed by atoms with Crippen LogP contribution in [0.1, 0.15) is 37.6 Å². The molecule has 4 nitrogen and oxygen atoms in total. The summed E-state index contributed by atoms with van der Waals surface area (Å²) in [5.41, 5.74) is 0.622. The number of benzene rings is 1. The van der Waals surface area contributed by atoms with Crippen LogP contribution in [0.4, 0.5) is 0 Å². The number of hydrogen-bond acceptors (Lipinski definition) is 4. The van der Waals surface area contributed by atoms with Crippen LogP contribution in [-0.2, 0) is 4.43 Å². The zero-order valence-corrected chi connectivity index (χ0v) is 14.9. The van der Waals surface area contributed by atoms with E-state index in [4.69, 9.17) is 13.9 Å². The maximum absolute atomic E-state index is 12.3. The van der Waals surface area contributed by atoms with Crippen molar-refractivity contribution in [2.24, 2.45) is 0 Å². The molecule has 0 spiro atoms. The van der Waals surface area contributed by atoms with E-state index < -0.39 is 8.32 Å². The number of carbonyl (C=O) groups is 1. The smallest absolute Gasteiger partial charge is 0.191 e. The fourth-order valence-electron chi connectivity index (χ4n) is 1.83. The summed E-state index contributed by atoms with van der Waals surface area (Å²) in [7, 11) is -1.80. The van der Waals surface area contributed by atoms with Crippen LogP contribution in [0.25, 0.3) is 0 Å². The molecular formula is C17H24O4Si. The number of hydrogen-bond donors (Lipinski definition) is 0. The lowest BCUT2D eigenvalue weighted by atomic mass is 10.1. The Morgan fingerprint density at radius 2 is 1.77 bits per heavy atom. The predicted molar refractivity (Wildman–Crippen MR) is 88.9 cm³/mol. The lowest BCUT2D eigenvalue weighted by molar-refractivity contribution is 0.0958.